The average Bonchev–Trinajstić information content (AvgIpc) is 2.54. The third-order valence-corrected chi connectivity index (χ3v) is 4.53. The summed E-state index contributed by atoms with van der Waals surface area (Å²) in [7, 11) is -3.64. The first kappa shape index (κ1) is 18.5. The van der Waals surface area contributed by atoms with Crippen molar-refractivity contribution < 1.29 is 18.3 Å². The summed E-state index contributed by atoms with van der Waals surface area (Å²) in [6.07, 6.45) is 2.32. The number of hydrogen-bond donors (Lipinski definition) is 2. The van der Waals surface area contributed by atoms with Crippen molar-refractivity contribution in [1.29, 1.82) is 0 Å². The number of benzene rings is 2. The lowest BCUT2D eigenvalue weighted by atomic mass is 10.2. The number of carbonyl (C=O) groups excluding carboxylic acids is 1. The lowest BCUT2D eigenvalue weighted by Crippen LogP contribution is -2.39. The Hall–Kier alpha value is -2.87. The molecule has 0 radical (unpaired) electrons. The van der Waals surface area contributed by atoms with Gasteiger partial charge < -0.3 is 5.11 Å². The van der Waals surface area contributed by atoms with Crippen molar-refractivity contribution in [2.75, 3.05) is 17.1 Å². The third-order valence-electron chi connectivity index (χ3n) is 3.40. The number of amides is 1. The molecule has 0 heterocycles. The van der Waals surface area contributed by atoms with Gasteiger partial charge in [0.2, 0.25) is 10.0 Å². The number of nitrogens with one attached hydrogen (secondary N) is 1. The van der Waals surface area contributed by atoms with Gasteiger partial charge in [-0.2, -0.15) is 5.10 Å². The Morgan fingerprint density at radius 1 is 1.20 bits per heavy atom. The average molecular weight is 361 g/mol. The van der Waals surface area contributed by atoms with Gasteiger partial charge in [-0.1, -0.05) is 30.3 Å². The maximum atomic E-state index is 12.1. The SMILES string of the molecule is Cc1ccccc1N(CC(=O)N/N=C\c1ccccc1O)S(C)(=O)=O. The number of hydrazone groups is 1. The number of hydrogen-bond acceptors (Lipinski definition) is 5. The Morgan fingerprint density at radius 3 is 2.48 bits per heavy atom. The molecule has 0 aromatic heterocycles. The summed E-state index contributed by atoms with van der Waals surface area (Å²) in [4.78, 5) is 12.1. The van der Waals surface area contributed by atoms with Gasteiger partial charge in [-0.05, 0) is 30.7 Å². The highest BCUT2D eigenvalue weighted by molar-refractivity contribution is 7.92. The molecule has 132 valence electrons. The number of carbonyl (C=O) groups is 1. The van der Waals surface area contributed by atoms with Crippen LogP contribution < -0.4 is 9.73 Å². The maximum Gasteiger partial charge on any atom is 0.260 e. The lowest BCUT2D eigenvalue weighted by molar-refractivity contribution is -0.119. The second-order valence-corrected chi connectivity index (χ2v) is 7.31. The van der Waals surface area contributed by atoms with Crippen LogP contribution in [-0.4, -0.2) is 38.4 Å². The van der Waals surface area contributed by atoms with E-state index in [1.807, 2.05) is 0 Å². The summed E-state index contributed by atoms with van der Waals surface area (Å²) in [5.74, 6) is -0.571. The highest BCUT2D eigenvalue weighted by atomic mass is 32.2. The van der Waals surface area contributed by atoms with Crippen molar-refractivity contribution in [3.05, 3.63) is 59.7 Å². The van der Waals surface area contributed by atoms with Crippen molar-refractivity contribution in [3.8, 4) is 5.75 Å². The maximum absolute atomic E-state index is 12.1. The highest BCUT2D eigenvalue weighted by Gasteiger charge is 2.21. The molecule has 1 amide bonds. The highest BCUT2D eigenvalue weighted by Crippen LogP contribution is 2.21. The fourth-order valence-corrected chi connectivity index (χ4v) is 3.07. The molecule has 2 aromatic rings. The Kier molecular flexibility index (Phi) is 5.76. The first-order valence-corrected chi connectivity index (χ1v) is 9.27. The molecule has 8 heteroatoms. The van der Waals surface area contributed by atoms with Gasteiger partial charge in [-0.25, -0.2) is 13.8 Å². The van der Waals surface area contributed by atoms with E-state index in [1.165, 1.54) is 12.3 Å². The normalized spacial score (nSPS) is 11.4. The molecule has 0 spiro atoms. The van der Waals surface area contributed by atoms with E-state index < -0.39 is 22.5 Å². The van der Waals surface area contributed by atoms with Gasteiger partial charge in [0, 0.05) is 5.56 Å². The molecule has 2 aromatic carbocycles. The number of anilines is 1. The summed E-state index contributed by atoms with van der Waals surface area (Å²) in [5, 5.41) is 13.4. The summed E-state index contributed by atoms with van der Waals surface area (Å²) < 4.78 is 25.1. The topological polar surface area (TPSA) is 99.1 Å². The van der Waals surface area contributed by atoms with E-state index in [4.69, 9.17) is 0 Å². The van der Waals surface area contributed by atoms with E-state index in [2.05, 4.69) is 10.5 Å². The van der Waals surface area contributed by atoms with E-state index in [9.17, 15) is 18.3 Å². The quantitative estimate of drug-likeness (QED) is 0.603. The predicted octanol–water partition coefficient (Wildman–Crippen LogP) is 1.62. The molecule has 0 aliphatic heterocycles. The van der Waals surface area contributed by atoms with Crippen molar-refractivity contribution >= 4 is 27.8 Å². The van der Waals surface area contributed by atoms with Gasteiger partial charge in [-0.3, -0.25) is 9.10 Å². The number of sulfonamides is 1. The molecule has 0 saturated carbocycles. The lowest BCUT2D eigenvalue weighted by Gasteiger charge is -2.23. The minimum Gasteiger partial charge on any atom is -0.507 e. The van der Waals surface area contributed by atoms with Crippen LogP contribution in [0.2, 0.25) is 0 Å². The summed E-state index contributed by atoms with van der Waals surface area (Å²) in [5.41, 5.74) is 3.87. The smallest absolute Gasteiger partial charge is 0.260 e. The molecule has 0 fully saturated rings. The molecule has 0 bridgehead atoms. The van der Waals surface area contributed by atoms with E-state index in [0.29, 0.717) is 11.3 Å². The molecule has 0 unspecified atom stereocenters. The van der Waals surface area contributed by atoms with Crippen molar-refractivity contribution in [3.63, 3.8) is 0 Å². The Morgan fingerprint density at radius 2 is 1.84 bits per heavy atom. The molecule has 2 N–H and O–H groups in total. The van der Waals surface area contributed by atoms with E-state index >= 15 is 0 Å². The van der Waals surface area contributed by atoms with Gasteiger partial charge in [0.25, 0.3) is 5.91 Å². The van der Waals surface area contributed by atoms with Crippen molar-refractivity contribution in [2.24, 2.45) is 5.10 Å². The number of aryl methyl sites for hydroxylation is 1. The Balaban J connectivity index is 2.11. The van der Waals surface area contributed by atoms with Crippen molar-refractivity contribution in [1.82, 2.24) is 5.43 Å². The monoisotopic (exact) mass is 361 g/mol. The molecule has 0 aliphatic rings. The number of nitrogens with zero attached hydrogens (tertiary/aromatic N) is 2. The molecule has 7 nitrogen and oxygen atoms in total. The van der Waals surface area contributed by atoms with Gasteiger partial charge in [0.1, 0.15) is 12.3 Å². The third kappa shape index (κ3) is 5.05. The fourth-order valence-electron chi connectivity index (χ4n) is 2.16. The first-order chi connectivity index (χ1) is 11.8. The van der Waals surface area contributed by atoms with Crippen LogP contribution in [0.4, 0.5) is 5.69 Å². The molecule has 0 saturated heterocycles. The fraction of sp³-hybridized carbons (Fsp3) is 0.176. The number of phenolic OH excluding ortho intramolecular Hbond substituents is 1. The summed E-state index contributed by atoms with van der Waals surface area (Å²) in [6.45, 7) is 1.36. The zero-order chi connectivity index (χ0) is 18.4. The second kappa shape index (κ2) is 7.80. The largest absolute Gasteiger partial charge is 0.507 e. The molecule has 0 aliphatic carbocycles. The zero-order valence-corrected chi connectivity index (χ0v) is 14.7. The van der Waals surface area contributed by atoms with Crippen LogP contribution in [0.1, 0.15) is 11.1 Å². The van der Waals surface area contributed by atoms with Crippen LogP contribution in [0.3, 0.4) is 0 Å². The first-order valence-electron chi connectivity index (χ1n) is 7.42. The minimum atomic E-state index is -3.64. The Bertz CT molecular complexity index is 894. The summed E-state index contributed by atoms with van der Waals surface area (Å²) in [6, 6.07) is 13.4. The molecule has 2 rings (SSSR count). The van der Waals surface area contributed by atoms with Crippen LogP contribution in [0.5, 0.6) is 5.75 Å². The van der Waals surface area contributed by atoms with Crippen LogP contribution in [0.15, 0.2) is 53.6 Å². The van der Waals surface area contributed by atoms with Crippen LogP contribution >= 0.6 is 0 Å². The predicted molar refractivity (Wildman–Crippen MR) is 97.2 cm³/mol. The van der Waals surface area contributed by atoms with Crippen LogP contribution in [-0.2, 0) is 14.8 Å². The molecular weight excluding hydrogens is 342 g/mol. The van der Waals surface area contributed by atoms with E-state index in [0.717, 1.165) is 16.1 Å². The minimum absolute atomic E-state index is 0.0261. The van der Waals surface area contributed by atoms with E-state index in [-0.39, 0.29) is 5.75 Å². The number of phenols is 1. The number of rotatable bonds is 6. The van der Waals surface area contributed by atoms with Crippen molar-refractivity contribution in [2.45, 2.75) is 6.92 Å². The van der Waals surface area contributed by atoms with Crippen LogP contribution in [0, 0.1) is 6.92 Å². The van der Waals surface area contributed by atoms with Crippen LogP contribution in [0.25, 0.3) is 0 Å². The standard InChI is InChI=1S/C17H19N3O4S/c1-13-7-3-5-9-15(13)20(25(2,23)24)12-17(22)19-18-11-14-8-4-6-10-16(14)21/h3-11,21H,12H2,1-2H3,(H,19,22)/b18-11-. The number of para-hydroxylation sites is 2. The van der Waals surface area contributed by atoms with Gasteiger partial charge in [0.15, 0.2) is 0 Å². The molecule has 25 heavy (non-hydrogen) atoms. The van der Waals surface area contributed by atoms with Gasteiger partial charge in [-0.15, -0.1) is 0 Å². The zero-order valence-electron chi connectivity index (χ0n) is 13.9. The molecule has 0 atom stereocenters. The summed E-state index contributed by atoms with van der Waals surface area (Å²) >= 11 is 0. The number of aromatic hydroxyl groups is 1. The molecular formula is C17H19N3O4S. The Labute approximate surface area is 146 Å². The van der Waals surface area contributed by atoms with Gasteiger partial charge in [0.05, 0.1) is 18.2 Å². The van der Waals surface area contributed by atoms with Gasteiger partial charge >= 0.3 is 0 Å². The second-order valence-electron chi connectivity index (χ2n) is 5.41. The van der Waals surface area contributed by atoms with E-state index in [1.54, 1.807) is 49.4 Å².